The average molecular weight is 270 g/mol. The molecule has 1 aliphatic heterocycles. The largest absolute Gasteiger partial charge is 0.338 e. The van der Waals surface area contributed by atoms with Crippen LogP contribution in [-0.4, -0.2) is 17.9 Å². The number of aryl methyl sites for hydroxylation is 1. The standard InChI is InChI=1S/C16H18N2O2/c1-3-5-13(4-2)17-16(20)12-6-8-14-11(10-12)7-9-15(19)18-14/h2,6,8,10,13H,3,5,7,9H2,1H3,(H,17,20)(H,18,19). The molecule has 2 amide bonds. The van der Waals surface area contributed by atoms with Crippen LogP contribution in [0, 0.1) is 12.3 Å². The van der Waals surface area contributed by atoms with Gasteiger partial charge in [0.1, 0.15) is 0 Å². The molecule has 1 heterocycles. The molecule has 1 aliphatic rings. The first kappa shape index (κ1) is 14.1. The maximum absolute atomic E-state index is 12.1. The Morgan fingerprint density at radius 2 is 2.30 bits per heavy atom. The minimum atomic E-state index is -0.233. The van der Waals surface area contributed by atoms with Crippen molar-refractivity contribution in [1.82, 2.24) is 5.32 Å². The van der Waals surface area contributed by atoms with Gasteiger partial charge in [-0.1, -0.05) is 19.3 Å². The number of rotatable bonds is 4. The Bertz CT molecular complexity index is 572. The van der Waals surface area contributed by atoms with Crippen LogP contribution in [0.1, 0.15) is 42.1 Å². The van der Waals surface area contributed by atoms with E-state index in [1.165, 1.54) is 0 Å². The molecule has 0 saturated heterocycles. The van der Waals surface area contributed by atoms with E-state index in [1.807, 2.05) is 13.0 Å². The van der Waals surface area contributed by atoms with Gasteiger partial charge in [-0.3, -0.25) is 9.59 Å². The summed E-state index contributed by atoms with van der Waals surface area (Å²) in [5, 5.41) is 5.63. The van der Waals surface area contributed by atoms with Gasteiger partial charge >= 0.3 is 0 Å². The molecule has 2 rings (SSSR count). The van der Waals surface area contributed by atoms with E-state index in [1.54, 1.807) is 12.1 Å². The summed E-state index contributed by atoms with van der Waals surface area (Å²) >= 11 is 0. The van der Waals surface area contributed by atoms with Crippen LogP contribution in [-0.2, 0) is 11.2 Å². The first-order valence-electron chi connectivity index (χ1n) is 6.83. The predicted molar refractivity (Wildman–Crippen MR) is 78.4 cm³/mol. The van der Waals surface area contributed by atoms with Gasteiger partial charge in [0.2, 0.25) is 5.91 Å². The first-order chi connectivity index (χ1) is 9.63. The molecule has 20 heavy (non-hydrogen) atoms. The fourth-order valence-corrected chi connectivity index (χ4v) is 2.25. The highest BCUT2D eigenvalue weighted by atomic mass is 16.2. The van der Waals surface area contributed by atoms with Crippen molar-refractivity contribution in [2.75, 3.05) is 5.32 Å². The summed E-state index contributed by atoms with van der Waals surface area (Å²) in [6.45, 7) is 2.03. The highest BCUT2D eigenvalue weighted by Gasteiger charge is 2.17. The molecule has 0 spiro atoms. The molecule has 0 radical (unpaired) electrons. The van der Waals surface area contributed by atoms with Crippen molar-refractivity contribution in [3.05, 3.63) is 29.3 Å². The molecule has 1 atom stereocenters. The normalized spacial score (nSPS) is 14.7. The number of terminal acetylenes is 1. The number of benzene rings is 1. The Kier molecular flexibility index (Phi) is 4.41. The van der Waals surface area contributed by atoms with Crippen LogP contribution in [0.2, 0.25) is 0 Å². The zero-order chi connectivity index (χ0) is 14.5. The van der Waals surface area contributed by atoms with Gasteiger partial charge in [-0.25, -0.2) is 0 Å². The first-order valence-corrected chi connectivity index (χ1v) is 6.83. The van der Waals surface area contributed by atoms with Gasteiger partial charge in [0, 0.05) is 17.7 Å². The summed E-state index contributed by atoms with van der Waals surface area (Å²) in [5.74, 6) is 2.44. The molecule has 1 aromatic rings. The summed E-state index contributed by atoms with van der Waals surface area (Å²) in [4.78, 5) is 23.4. The minimum Gasteiger partial charge on any atom is -0.338 e. The third-order valence-corrected chi connectivity index (χ3v) is 3.35. The van der Waals surface area contributed by atoms with Crippen molar-refractivity contribution in [1.29, 1.82) is 0 Å². The van der Waals surface area contributed by atoms with Gasteiger partial charge in [-0.05, 0) is 36.6 Å². The molecular weight excluding hydrogens is 252 g/mol. The number of fused-ring (bicyclic) bond motifs is 1. The lowest BCUT2D eigenvalue weighted by Gasteiger charge is -2.18. The number of anilines is 1. The molecule has 0 aromatic heterocycles. The quantitative estimate of drug-likeness (QED) is 0.823. The monoisotopic (exact) mass is 270 g/mol. The number of carbonyl (C=O) groups excluding carboxylic acids is 2. The molecule has 104 valence electrons. The smallest absolute Gasteiger partial charge is 0.252 e. The van der Waals surface area contributed by atoms with Crippen LogP contribution in [0.5, 0.6) is 0 Å². The molecule has 1 aromatic carbocycles. The molecule has 0 saturated carbocycles. The van der Waals surface area contributed by atoms with Gasteiger partial charge in [0.15, 0.2) is 0 Å². The van der Waals surface area contributed by atoms with Crippen molar-refractivity contribution < 1.29 is 9.59 Å². The van der Waals surface area contributed by atoms with Crippen molar-refractivity contribution in [3.8, 4) is 12.3 Å². The molecule has 1 unspecified atom stereocenters. The molecule has 0 fully saturated rings. The van der Waals surface area contributed by atoms with Crippen LogP contribution in [0.15, 0.2) is 18.2 Å². The van der Waals surface area contributed by atoms with Gasteiger partial charge < -0.3 is 10.6 Å². The molecular formula is C16H18N2O2. The second-order valence-corrected chi connectivity index (χ2v) is 4.90. The summed E-state index contributed by atoms with van der Waals surface area (Å²) in [6, 6.07) is 5.07. The topological polar surface area (TPSA) is 58.2 Å². The molecule has 4 heteroatoms. The van der Waals surface area contributed by atoms with E-state index in [2.05, 4.69) is 16.6 Å². The summed E-state index contributed by atoms with van der Waals surface area (Å²) < 4.78 is 0. The zero-order valence-electron chi connectivity index (χ0n) is 11.5. The van der Waals surface area contributed by atoms with Crippen molar-refractivity contribution >= 4 is 17.5 Å². The van der Waals surface area contributed by atoms with Crippen LogP contribution in [0.25, 0.3) is 0 Å². The number of nitrogens with one attached hydrogen (secondary N) is 2. The molecule has 2 N–H and O–H groups in total. The number of hydrogen-bond acceptors (Lipinski definition) is 2. The maximum Gasteiger partial charge on any atom is 0.252 e. The number of carbonyl (C=O) groups is 2. The van der Waals surface area contributed by atoms with Crippen molar-refractivity contribution in [3.63, 3.8) is 0 Å². The Hall–Kier alpha value is -2.28. The lowest BCUT2D eigenvalue weighted by Crippen LogP contribution is -2.33. The minimum absolute atomic E-state index is 0.0186. The van der Waals surface area contributed by atoms with Gasteiger partial charge in [0.05, 0.1) is 6.04 Å². The number of amides is 2. The zero-order valence-corrected chi connectivity index (χ0v) is 11.5. The van der Waals surface area contributed by atoms with E-state index in [9.17, 15) is 9.59 Å². The average Bonchev–Trinajstić information content (AvgIpc) is 2.46. The Balaban J connectivity index is 2.12. The SMILES string of the molecule is C#CC(CCC)NC(=O)c1ccc2c(c1)CCC(=O)N2. The van der Waals surface area contributed by atoms with E-state index in [-0.39, 0.29) is 17.9 Å². The lowest BCUT2D eigenvalue weighted by molar-refractivity contribution is -0.116. The third-order valence-electron chi connectivity index (χ3n) is 3.35. The second kappa shape index (κ2) is 6.25. The molecule has 4 nitrogen and oxygen atoms in total. The van der Waals surface area contributed by atoms with E-state index >= 15 is 0 Å². The molecule has 0 bridgehead atoms. The van der Waals surface area contributed by atoms with Crippen molar-refractivity contribution in [2.24, 2.45) is 0 Å². The fourth-order valence-electron chi connectivity index (χ4n) is 2.25. The van der Waals surface area contributed by atoms with Crippen molar-refractivity contribution in [2.45, 2.75) is 38.6 Å². The van der Waals surface area contributed by atoms with E-state index in [4.69, 9.17) is 6.42 Å². The van der Waals surface area contributed by atoms with Gasteiger partial charge in [-0.2, -0.15) is 0 Å². The maximum atomic E-state index is 12.1. The van der Waals surface area contributed by atoms with Gasteiger partial charge in [-0.15, -0.1) is 6.42 Å². The lowest BCUT2D eigenvalue weighted by atomic mass is 10.00. The van der Waals surface area contributed by atoms with Gasteiger partial charge in [0.25, 0.3) is 5.91 Å². The Morgan fingerprint density at radius 1 is 1.50 bits per heavy atom. The summed E-state index contributed by atoms with van der Waals surface area (Å²) in [5.41, 5.74) is 2.36. The van der Waals surface area contributed by atoms with Crippen LogP contribution >= 0.6 is 0 Å². The van der Waals surface area contributed by atoms with Crippen LogP contribution in [0.4, 0.5) is 5.69 Å². The molecule has 0 aliphatic carbocycles. The predicted octanol–water partition coefficient (Wildman–Crippen LogP) is 2.10. The van der Waals surface area contributed by atoms with Crippen LogP contribution < -0.4 is 10.6 Å². The number of hydrogen-bond donors (Lipinski definition) is 2. The van der Waals surface area contributed by atoms with E-state index in [0.29, 0.717) is 18.4 Å². The van der Waals surface area contributed by atoms with E-state index in [0.717, 1.165) is 24.1 Å². The highest BCUT2D eigenvalue weighted by Crippen LogP contribution is 2.23. The third kappa shape index (κ3) is 3.18. The summed E-state index contributed by atoms with van der Waals surface area (Å²) in [7, 11) is 0. The summed E-state index contributed by atoms with van der Waals surface area (Å²) in [6.07, 6.45) is 8.21. The fraction of sp³-hybridized carbons (Fsp3) is 0.375. The second-order valence-electron chi connectivity index (χ2n) is 4.90. The van der Waals surface area contributed by atoms with E-state index < -0.39 is 0 Å². The Morgan fingerprint density at radius 3 is 3.00 bits per heavy atom. The Labute approximate surface area is 118 Å². The van der Waals surface area contributed by atoms with Crippen LogP contribution in [0.3, 0.4) is 0 Å². The highest BCUT2D eigenvalue weighted by molar-refractivity contribution is 5.98.